The van der Waals surface area contributed by atoms with Gasteiger partial charge in [0, 0.05) is 23.5 Å². The van der Waals surface area contributed by atoms with E-state index in [2.05, 4.69) is 47.0 Å². The van der Waals surface area contributed by atoms with Gasteiger partial charge in [0.1, 0.15) is 0 Å². The molecule has 1 aliphatic rings. The molecule has 0 saturated heterocycles. The molecule has 0 aromatic carbocycles. The van der Waals surface area contributed by atoms with Crippen LogP contribution in [0.5, 0.6) is 0 Å². The number of rotatable bonds is 2. The Morgan fingerprint density at radius 2 is 1.76 bits per heavy atom. The van der Waals surface area contributed by atoms with Crippen LogP contribution in [0.4, 0.5) is 5.95 Å². The summed E-state index contributed by atoms with van der Waals surface area (Å²) in [5, 5.41) is 11.3. The average molecular weight is 448 g/mol. The van der Waals surface area contributed by atoms with Gasteiger partial charge in [-0.2, -0.15) is 5.10 Å². The molecule has 1 saturated carbocycles. The number of pyridine rings is 1. The van der Waals surface area contributed by atoms with Crippen molar-refractivity contribution in [3.63, 3.8) is 0 Å². The van der Waals surface area contributed by atoms with Crippen LogP contribution < -0.4 is 11.1 Å². The number of anilines is 1. The summed E-state index contributed by atoms with van der Waals surface area (Å²) in [5.41, 5.74) is 12.4. The van der Waals surface area contributed by atoms with Crippen molar-refractivity contribution in [1.29, 1.82) is 0 Å². The van der Waals surface area contributed by atoms with Crippen LogP contribution in [0, 0.1) is 12.3 Å². The number of nitrogens with two attached hydrogens (primary N) is 1. The third-order valence-electron chi connectivity index (χ3n) is 5.99. The molecule has 0 unspecified atom stereocenters. The van der Waals surface area contributed by atoms with Crippen LogP contribution in [-0.4, -0.2) is 38.3 Å². The Morgan fingerprint density at radius 1 is 1.09 bits per heavy atom. The maximum atomic E-state index is 5.71. The van der Waals surface area contributed by atoms with E-state index < -0.39 is 0 Å². The molecule has 3 N–H and O–H groups in total. The summed E-state index contributed by atoms with van der Waals surface area (Å²) in [6, 6.07) is 6.14. The van der Waals surface area contributed by atoms with Crippen molar-refractivity contribution < 1.29 is 0 Å². The van der Waals surface area contributed by atoms with E-state index in [1.54, 1.807) is 16.8 Å². The van der Waals surface area contributed by atoms with Crippen LogP contribution in [0.3, 0.4) is 0 Å². The Morgan fingerprint density at radius 3 is 2.36 bits per heavy atom. The lowest BCUT2D eigenvalue weighted by atomic mass is 9.78. The molecule has 0 amide bonds. The van der Waals surface area contributed by atoms with E-state index in [0.717, 1.165) is 33.4 Å². The van der Waals surface area contributed by atoms with Crippen molar-refractivity contribution in [2.75, 3.05) is 19.8 Å². The minimum atomic E-state index is 0.271. The van der Waals surface area contributed by atoms with Gasteiger partial charge in [0.05, 0.1) is 22.9 Å². The summed E-state index contributed by atoms with van der Waals surface area (Å²) in [5.74, 6) is 0.271. The predicted octanol–water partition coefficient (Wildman–Crippen LogP) is 5.39. The predicted molar refractivity (Wildman–Crippen MR) is 138 cm³/mol. The molecule has 0 bridgehead atoms. The highest BCUT2D eigenvalue weighted by atomic mass is 15.3. The van der Waals surface area contributed by atoms with Crippen molar-refractivity contribution in [3.8, 4) is 11.1 Å². The van der Waals surface area contributed by atoms with E-state index in [4.69, 9.17) is 5.73 Å². The molecule has 0 aliphatic heterocycles. The Kier molecular flexibility index (Phi) is 7.87. The van der Waals surface area contributed by atoms with Crippen molar-refractivity contribution in [2.24, 2.45) is 5.41 Å². The molecular formula is C26H37N7. The van der Waals surface area contributed by atoms with Gasteiger partial charge in [-0.15, -0.1) is 5.10 Å². The molecular weight excluding hydrogens is 410 g/mol. The second kappa shape index (κ2) is 10.6. The van der Waals surface area contributed by atoms with Crippen LogP contribution in [0.25, 0.3) is 28.2 Å². The fourth-order valence-electron chi connectivity index (χ4n) is 4.29. The van der Waals surface area contributed by atoms with E-state index >= 15 is 0 Å². The average Bonchev–Trinajstić information content (AvgIpc) is 3.38. The number of nitrogens with zero attached hydrogens (tertiary/aromatic N) is 5. The van der Waals surface area contributed by atoms with Crippen LogP contribution in [0.15, 0.2) is 43.4 Å². The van der Waals surface area contributed by atoms with Crippen LogP contribution in [0.2, 0.25) is 0 Å². The minimum absolute atomic E-state index is 0.271. The minimum Gasteiger partial charge on any atom is -0.367 e. The number of hydrogen-bond acceptors (Lipinski definition) is 5. The van der Waals surface area contributed by atoms with E-state index in [1.165, 1.54) is 32.1 Å². The lowest BCUT2D eigenvalue weighted by Gasteiger charge is -2.28. The number of aryl methyl sites for hydroxylation is 1. The standard InChI is InChI=1S/C16H14N6.C8H16.C2H7N/c1-3-11-9-18-21-6-4-12(8-14(11)21)13-5-7-22-15(13)10(2)19-16(17)20-22;1-8(2)6-4-3-5-7-8;1-3-2/h3-9H,1H2,2H3,(H2,17,20);3-7H2,1-2H3;3H,1-2H3. The molecule has 7 heteroatoms. The molecule has 4 aromatic rings. The first-order valence-electron chi connectivity index (χ1n) is 11.6. The SMILES string of the molecule is C=Cc1cnn2ccc(-c3ccn4nc(N)nc(C)c34)cc12.CC1(C)CCCCC1.CNC. The van der Waals surface area contributed by atoms with E-state index in [1.807, 2.05) is 50.1 Å². The number of nitrogen functional groups attached to an aromatic ring is 1. The van der Waals surface area contributed by atoms with E-state index in [-0.39, 0.29) is 5.95 Å². The molecule has 0 spiro atoms. The van der Waals surface area contributed by atoms with Crippen LogP contribution in [0.1, 0.15) is 57.2 Å². The molecule has 0 atom stereocenters. The Bertz CT molecular complexity index is 1210. The molecule has 7 nitrogen and oxygen atoms in total. The van der Waals surface area contributed by atoms with Gasteiger partial charge in [0.2, 0.25) is 5.95 Å². The maximum Gasteiger partial charge on any atom is 0.238 e. The summed E-state index contributed by atoms with van der Waals surface area (Å²) in [6.45, 7) is 10.5. The number of hydrogen-bond donors (Lipinski definition) is 2. The normalized spacial score (nSPS) is 14.8. The van der Waals surface area contributed by atoms with Gasteiger partial charge in [-0.05, 0) is 63.0 Å². The zero-order valence-corrected chi connectivity index (χ0v) is 20.6. The van der Waals surface area contributed by atoms with Crippen LogP contribution >= 0.6 is 0 Å². The van der Waals surface area contributed by atoms with Gasteiger partial charge < -0.3 is 11.1 Å². The molecule has 0 radical (unpaired) electrons. The second-order valence-corrected chi connectivity index (χ2v) is 9.35. The first-order chi connectivity index (χ1) is 15.8. The quantitative estimate of drug-likeness (QED) is 0.430. The highest BCUT2D eigenvalue weighted by Gasteiger charge is 2.20. The summed E-state index contributed by atoms with van der Waals surface area (Å²) in [4.78, 5) is 4.26. The van der Waals surface area contributed by atoms with E-state index in [9.17, 15) is 0 Å². The van der Waals surface area contributed by atoms with E-state index in [0.29, 0.717) is 5.41 Å². The molecule has 4 heterocycles. The fourth-order valence-corrected chi connectivity index (χ4v) is 4.29. The van der Waals surface area contributed by atoms with Gasteiger partial charge >= 0.3 is 0 Å². The lowest BCUT2D eigenvalue weighted by Crippen LogP contribution is -2.14. The summed E-state index contributed by atoms with van der Waals surface area (Å²) >= 11 is 0. The molecule has 33 heavy (non-hydrogen) atoms. The Hall–Kier alpha value is -3.19. The maximum absolute atomic E-state index is 5.71. The lowest BCUT2D eigenvalue weighted by molar-refractivity contribution is 0.244. The zero-order chi connectivity index (χ0) is 24.0. The monoisotopic (exact) mass is 447 g/mol. The highest BCUT2D eigenvalue weighted by molar-refractivity contribution is 5.85. The summed E-state index contributed by atoms with van der Waals surface area (Å²) in [7, 11) is 3.75. The molecule has 4 aromatic heterocycles. The van der Waals surface area contributed by atoms with Crippen molar-refractivity contribution in [2.45, 2.75) is 52.9 Å². The highest BCUT2D eigenvalue weighted by Crippen LogP contribution is 2.34. The second-order valence-electron chi connectivity index (χ2n) is 9.35. The molecule has 5 rings (SSSR count). The van der Waals surface area contributed by atoms with Gasteiger partial charge in [-0.3, -0.25) is 0 Å². The van der Waals surface area contributed by atoms with Crippen molar-refractivity contribution in [3.05, 3.63) is 54.6 Å². The van der Waals surface area contributed by atoms with Crippen LogP contribution in [-0.2, 0) is 0 Å². The summed E-state index contributed by atoms with van der Waals surface area (Å²) < 4.78 is 3.60. The number of aromatic nitrogens is 5. The van der Waals surface area contributed by atoms with Gasteiger partial charge in [0.25, 0.3) is 0 Å². The zero-order valence-electron chi connectivity index (χ0n) is 20.6. The first kappa shape index (κ1) is 24.5. The number of nitrogens with one attached hydrogen (secondary N) is 1. The fraction of sp³-hybridized carbons (Fsp3) is 0.423. The smallest absolute Gasteiger partial charge is 0.238 e. The van der Waals surface area contributed by atoms with Gasteiger partial charge in [0.15, 0.2) is 0 Å². The third-order valence-corrected chi connectivity index (χ3v) is 5.99. The largest absolute Gasteiger partial charge is 0.367 e. The number of fused-ring (bicyclic) bond motifs is 2. The summed E-state index contributed by atoms with van der Waals surface area (Å²) in [6.07, 6.45) is 14.8. The van der Waals surface area contributed by atoms with Crippen molar-refractivity contribution in [1.82, 2.24) is 29.5 Å². The van der Waals surface area contributed by atoms with Gasteiger partial charge in [-0.25, -0.2) is 14.0 Å². The Balaban J connectivity index is 0.000000233. The molecule has 1 fully saturated rings. The molecule has 176 valence electrons. The topological polar surface area (TPSA) is 85.5 Å². The van der Waals surface area contributed by atoms with Gasteiger partial charge in [-0.1, -0.05) is 45.8 Å². The van der Waals surface area contributed by atoms with Crippen molar-refractivity contribution >= 4 is 23.1 Å². The Labute approximate surface area is 196 Å². The molecule has 1 aliphatic carbocycles. The third kappa shape index (κ3) is 5.79. The first-order valence-corrected chi connectivity index (χ1v) is 11.6.